The Morgan fingerprint density at radius 2 is 1.72 bits per heavy atom. The number of thioether (sulfide) groups is 1. The third-order valence-corrected chi connectivity index (χ3v) is 4.44. The van der Waals surface area contributed by atoms with Crippen LogP contribution < -0.4 is 10.6 Å². The Bertz CT molecular complexity index is 746. The molecule has 132 valence electrons. The maximum absolute atomic E-state index is 12.6. The number of hydrogen-bond acceptors (Lipinski definition) is 3. The van der Waals surface area contributed by atoms with Crippen molar-refractivity contribution in [1.82, 2.24) is 5.32 Å². The van der Waals surface area contributed by atoms with Gasteiger partial charge in [-0.1, -0.05) is 29.8 Å². The van der Waals surface area contributed by atoms with E-state index < -0.39 is 6.04 Å². The first-order chi connectivity index (χ1) is 12.0. The Labute approximate surface area is 153 Å². The Morgan fingerprint density at radius 3 is 2.36 bits per heavy atom. The molecule has 2 N–H and O–H groups in total. The summed E-state index contributed by atoms with van der Waals surface area (Å²) in [5.41, 5.74) is 3.39. The summed E-state index contributed by atoms with van der Waals surface area (Å²) in [4.78, 5) is 25.1. The number of amides is 2. The van der Waals surface area contributed by atoms with Gasteiger partial charge in [0.1, 0.15) is 6.04 Å². The monoisotopic (exact) mass is 356 g/mol. The molecule has 2 aromatic rings. The van der Waals surface area contributed by atoms with Crippen molar-refractivity contribution in [1.29, 1.82) is 0 Å². The normalized spacial score (nSPS) is 11.6. The first kappa shape index (κ1) is 19.1. The Kier molecular flexibility index (Phi) is 7.07. The van der Waals surface area contributed by atoms with Crippen LogP contribution in [0.1, 0.15) is 27.9 Å². The van der Waals surface area contributed by atoms with Crippen molar-refractivity contribution in [2.24, 2.45) is 0 Å². The Hall–Kier alpha value is -2.27. The summed E-state index contributed by atoms with van der Waals surface area (Å²) in [6.45, 7) is 3.91. The Morgan fingerprint density at radius 1 is 1.04 bits per heavy atom. The van der Waals surface area contributed by atoms with Crippen molar-refractivity contribution < 1.29 is 9.59 Å². The lowest BCUT2D eigenvalue weighted by atomic mass is 10.1. The minimum absolute atomic E-state index is 0.194. The summed E-state index contributed by atoms with van der Waals surface area (Å²) < 4.78 is 0. The molecule has 1 atom stereocenters. The van der Waals surface area contributed by atoms with Gasteiger partial charge in [-0.25, -0.2) is 0 Å². The minimum atomic E-state index is -0.569. The van der Waals surface area contributed by atoms with Crippen LogP contribution >= 0.6 is 11.8 Å². The summed E-state index contributed by atoms with van der Waals surface area (Å²) in [7, 11) is 0. The summed E-state index contributed by atoms with van der Waals surface area (Å²) >= 11 is 1.65. The summed E-state index contributed by atoms with van der Waals surface area (Å²) in [6.07, 6.45) is 2.56. The SMILES string of the molecule is CSCCC(NC(=O)c1cccc(C)c1)C(=O)Nc1cccc(C)c1. The average Bonchev–Trinajstić information content (AvgIpc) is 2.58. The zero-order chi connectivity index (χ0) is 18.2. The molecule has 0 spiro atoms. The van der Waals surface area contributed by atoms with E-state index in [0.29, 0.717) is 12.0 Å². The zero-order valence-corrected chi connectivity index (χ0v) is 15.7. The van der Waals surface area contributed by atoms with E-state index in [0.717, 1.165) is 22.6 Å². The van der Waals surface area contributed by atoms with Crippen LogP contribution in [0.25, 0.3) is 0 Å². The second-order valence-corrected chi connectivity index (χ2v) is 7.02. The largest absolute Gasteiger partial charge is 0.340 e. The fourth-order valence-electron chi connectivity index (χ4n) is 2.48. The Balaban J connectivity index is 2.09. The van der Waals surface area contributed by atoms with Crippen molar-refractivity contribution in [2.75, 3.05) is 17.3 Å². The number of rotatable bonds is 7. The van der Waals surface area contributed by atoms with Gasteiger partial charge >= 0.3 is 0 Å². The molecule has 0 saturated carbocycles. The van der Waals surface area contributed by atoms with E-state index in [1.807, 2.05) is 62.6 Å². The highest BCUT2D eigenvalue weighted by Gasteiger charge is 2.21. The van der Waals surface area contributed by atoms with E-state index in [2.05, 4.69) is 10.6 Å². The molecule has 0 radical (unpaired) electrons. The van der Waals surface area contributed by atoms with Crippen molar-refractivity contribution in [3.63, 3.8) is 0 Å². The van der Waals surface area contributed by atoms with Gasteiger partial charge in [0, 0.05) is 11.3 Å². The van der Waals surface area contributed by atoms with Gasteiger partial charge in [-0.3, -0.25) is 9.59 Å². The number of carbonyl (C=O) groups is 2. The number of nitrogens with one attached hydrogen (secondary N) is 2. The lowest BCUT2D eigenvalue weighted by Crippen LogP contribution is -2.44. The van der Waals surface area contributed by atoms with Crippen LogP contribution in [0.3, 0.4) is 0 Å². The predicted octanol–water partition coefficient (Wildman–Crippen LogP) is 3.79. The standard InChI is InChI=1S/C20H24N2O2S/c1-14-6-4-8-16(12-14)19(23)22-18(10-11-25-3)20(24)21-17-9-5-7-15(2)13-17/h4-9,12-13,18H,10-11H2,1-3H3,(H,21,24)(H,22,23). The smallest absolute Gasteiger partial charge is 0.251 e. The van der Waals surface area contributed by atoms with Gasteiger partial charge < -0.3 is 10.6 Å². The van der Waals surface area contributed by atoms with Gasteiger partial charge in [0.15, 0.2) is 0 Å². The van der Waals surface area contributed by atoms with E-state index in [9.17, 15) is 9.59 Å². The first-order valence-electron chi connectivity index (χ1n) is 8.23. The molecule has 2 aromatic carbocycles. The minimum Gasteiger partial charge on any atom is -0.340 e. The first-order valence-corrected chi connectivity index (χ1v) is 9.63. The number of carbonyl (C=O) groups excluding carboxylic acids is 2. The lowest BCUT2D eigenvalue weighted by molar-refractivity contribution is -0.118. The number of anilines is 1. The molecule has 2 rings (SSSR count). The molecule has 25 heavy (non-hydrogen) atoms. The van der Waals surface area contributed by atoms with Crippen LogP contribution in [0.15, 0.2) is 48.5 Å². The highest BCUT2D eigenvalue weighted by Crippen LogP contribution is 2.12. The van der Waals surface area contributed by atoms with Crippen LogP contribution in [0.4, 0.5) is 5.69 Å². The van der Waals surface area contributed by atoms with Crippen LogP contribution in [0.5, 0.6) is 0 Å². The summed E-state index contributed by atoms with van der Waals surface area (Å²) in [5.74, 6) is 0.370. The molecular formula is C20H24N2O2S. The van der Waals surface area contributed by atoms with Crippen molar-refractivity contribution in [3.05, 3.63) is 65.2 Å². The van der Waals surface area contributed by atoms with E-state index in [1.165, 1.54) is 0 Å². The third-order valence-electron chi connectivity index (χ3n) is 3.80. The van der Waals surface area contributed by atoms with Gasteiger partial charge in [-0.05, 0) is 62.1 Å². The topological polar surface area (TPSA) is 58.2 Å². The van der Waals surface area contributed by atoms with Gasteiger partial charge in [-0.15, -0.1) is 0 Å². The molecule has 2 amide bonds. The maximum atomic E-state index is 12.6. The number of aryl methyl sites for hydroxylation is 2. The van der Waals surface area contributed by atoms with Gasteiger partial charge in [-0.2, -0.15) is 11.8 Å². The molecule has 0 saturated heterocycles. The molecule has 0 bridgehead atoms. The molecule has 0 aliphatic carbocycles. The second kappa shape index (κ2) is 9.28. The number of benzene rings is 2. The van der Waals surface area contributed by atoms with Crippen molar-refractivity contribution >= 4 is 29.3 Å². The quantitative estimate of drug-likeness (QED) is 0.793. The molecule has 1 unspecified atom stereocenters. The summed E-state index contributed by atoms with van der Waals surface area (Å²) in [5, 5.41) is 5.76. The third kappa shape index (κ3) is 5.94. The van der Waals surface area contributed by atoms with E-state index in [-0.39, 0.29) is 11.8 Å². The number of hydrogen-bond donors (Lipinski definition) is 2. The van der Waals surface area contributed by atoms with Gasteiger partial charge in [0.25, 0.3) is 5.91 Å². The molecule has 0 aromatic heterocycles. The second-order valence-electron chi connectivity index (χ2n) is 6.04. The molecule has 0 aliphatic heterocycles. The van der Waals surface area contributed by atoms with Gasteiger partial charge in [0.2, 0.25) is 5.91 Å². The van der Waals surface area contributed by atoms with Crippen molar-refractivity contribution in [3.8, 4) is 0 Å². The van der Waals surface area contributed by atoms with Crippen LogP contribution in [0, 0.1) is 13.8 Å². The molecule has 0 aliphatic rings. The van der Waals surface area contributed by atoms with E-state index in [1.54, 1.807) is 17.8 Å². The van der Waals surface area contributed by atoms with E-state index >= 15 is 0 Å². The fraction of sp³-hybridized carbons (Fsp3) is 0.300. The molecule has 5 heteroatoms. The molecule has 0 heterocycles. The van der Waals surface area contributed by atoms with E-state index in [4.69, 9.17) is 0 Å². The highest BCUT2D eigenvalue weighted by molar-refractivity contribution is 7.98. The van der Waals surface area contributed by atoms with Crippen LogP contribution in [-0.4, -0.2) is 29.9 Å². The molecular weight excluding hydrogens is 332 g/mol. The van der Waals surface area contributed by atoms with Crippen molar-refractivity contribution in [2.45, 2.75) is 26.3 Å². The van der Waals surface area contributed by atoms with Crippen LogP contribution in [0.2, 0.25) is 0 Å². The zero-order valence-electron chi connectivity index (χ0n) is 14.8. The van der Waals surface area contributed by atoms with Crippen LogP contribution in [-0.2, 0) is 4.79 Å². The predicted molar refractivity (Wildman–Crippen MR) is 105 cm³/mol. The molecule has 0 fully saturated rings. The highest BCUT2D eigenvalue weighted by atomic mass is 32.2. The fourth-order valence-corrected chi connectivity index (χ4v) is 2.96. The maximum Gasteiger partial charge on any atom is 0.251 e. The summed E-state index contributed by atoms with van der Waals surface area (Å²) in [6, 6.07) is 14.4. The average molecular weight is 356 g/mol. The lowest BCUT2D eigenvalue weighted by Gasteiger charge is -2.18. The molecule has 4 nitrogen and oxygen atoms in total. The van der Waals surface area contributed by atoms with Gasteiger partial charge in [0.05, 0.1) is 0 Å².